The summed E-state index contributed by atoms with van der Waals surface area (Å²) in [5.74, 6) is 1.12. The van der Waals surface area contributed by atoms with E-state index in [4.69, 9.17) is 22.1 Å². The van der Waals surface area contributed by atoms with Crippen LogP contribution in [0.15, 0.2) is 53.4 Å². The molecule has 0 spiro atoms. The zero-order valence-electron chi connectivity index (χ0n) is 10.2. The molecule has 0 aliphatic rings. The van der Waals surface area contributed by atoms with E-state index in [2.05, 4.69) is 0 Å². The fourth-order valence-corrected chi connectivity index (χ4v) is 2.58. The van der Waals surface area contributed by atoms with Crippen molar-refractivity contribution in [3.05, 3.63) is 53.6 Å². The third-order valence-corrected chi connectivity index (χ3v) is 4.06. The Balaban J connectivity index is 1.86. The van der Waals surface area contributed by atoms with E-state index < -0.39 is 10.8 Å². The van der Waals surface area contributed by atoms with Crippen LogP contribution in [-0.2, 0) is 10.8 Å². The molecule has 0 aliphatic heterocycles. The molecular formula is C14H14ClNO2S. The monoisotopic (exact) mass is 295 g/mol. The van der Waals surface area contributed by atoms with E-state index in [0.29, 0.717) is 28.8 Å². The molecule has 0 aromatic heterocycles. The topological polar surface area (TPSA) is 52.3 Å². The first-order chi connectivity index (χ1) is 9.15. The zero-order chi connectivity index (χ0) is 13.7. The number of anilines is 1. The largest absolute Gasteiger partial charge is 0.493 e. The van der Waals surface area contributed by atoms with Gasteiger partial charge in [0.2, 0.25) is 0 Å². The molecule has 0 bridgehead atoms. The van der Waals surface area contributed by atoms with E-state index in [1.807, 2.05) is 12.1 Å². The van der Waals surface area contributed by atoms with Crippen LogP contribution in [0.4, 0.5) is 5.69 Å². The predicted molar refractivity (Wildman–Crippen MR) is 79.1 cm³/mol. The minimum Gasteiger partial charge on any atom is -0.493 e. The minimum absolute atomic E-state index is 0.374. The van der Waals surface area contributed by atoms with Gasteiger partial charge in [0.05, 0.1) is 16.6 Å². The Morgan fingerprint density at radius 2 is 1.89 bits per heavy atom. The molecule has 0 fully saturated rings. The van der Waals surface area contributed by atoms with Gasteiger partial charge in [-0.15, -0.1) is 0 Å². The number of nitrogen functional groups attached to an aromatic ring is 1. The van der Waals surface area contributed by atoms with Gasteiger partial charge in [0, 0.05) is 21.7 Å². The normalized spacial score (nSPS) is 12.1. The Labute approximate surface area is 119 Å². The number of nitrogens with two attached hydrogens (primary N) is 1. The summed E-state index contributed by atoms with van der Waals surface area (Å²) in [4.78, 5) is 0.751. The second-order valence-corrected chi connectivity index (χ2v) is 5.93. The predicted octanol–water partition coefficient (Wildman–Crippen LogP) is 3.11. The van der Waals surface area contributed by atoms with Crippen LogP contribution in [0, 0.1) is 0 Å². The van der Waals surface area contributed by atoms with Crippen molar-refractivity contribution < 1.29 is 8.95 Å². The molecule has 0 saturated carbocycles. The van der Waals surface area contributed by atoms with Crippen molar-refractivity contribution in [2.45, 2.75) is 4.90 Å². The molecule has 2 rings (SSSR count). The van der Waals surface area contributed by atoms with E-state index in [1.165, 1.54) is 0 Å². The molecule has 0 saturated heterocycles. The van der Waals surface area contributed by atoms with Crippen LogP contribution >= 0.6 is 11.6 Å². The summed E-state index contributed by atoms with van der Waals surface area (Å²) >= 11 is 5.78. The van der Waals surface area contributed by atoms with Crippen LogP contribution in [0.2, 0.25) is 5.02 Å². The second-order valence-electron chi connectivity index (χ2n) is 3.92. The van der Waals surface area contributed by atoms with E-state index >= 15 is 0 Å². The van der Waals surface area contributed by atoms with Gasteiger partial charge in [0.1, 0.15) is 12.4 Å². The molecule has 1 atom stereocenters. The highest BCUT2D eigenvalue weighted by Crippen LogP contribution is 2.15. The van der Waals surface area contributed by atoms with Crippen molar-refractivity contribution in [3.63, 3.8) is 0 Å². The highest BCUT2D eigenvalue weighted by Gasteiger charge is 2.04. The standard InChI is InChI=1S/C14H14ClNO2S/c15-11-4-6-14(7-5-11)19(17)9-8-18-13-3-1-2-12(16)10-13/h1-7,10H,8-9,16H2. The molecule has 2 aromatic carbocycles. The third kappa shape index (κ3) is 4.26. The molecule has 100 valence electrons. The molecule has 2 N–H and O–H groups in total. The van der Waals surface area contributed by atoms with Crippen LogP contribution in [-0.4, -0.2) is 16.6 Å². The number of hydrogen-bond acceptors (Lipinski definition) is 3. The third-order valence-electron chi connectivity index (χ3n) is 2.47. The summed E-state index contributed by atoms with van der Waals surface area (Å²) in [5.41, 5.74) is 6.29. The summed E-state index contributed by atoms with van der Waals surface area (Å²) < 4.78 is 17.5. The number of rotatable bonds is 5. The maximum Gasteiger partial charge on any atom is 0.121 e. The maximum absolute atomic E-state index is 12.0. The summed E-state index contributed by atoms with van der Waals surface area (Å²) in [6.07, 6.45) is 0. The van der Waals surface area contributed by atoms with Crippen molar-refractivity contribution in [3.8, 4) is 5.75 Å². The number of hydrogen-bond donors (Lipinski definition) is 1. The van der Waals surface area contributed by atoms with Crippen LogP contribution in [0.3, 0.4) is 0 Å². The lowest BCUT2D eigenvalue weighted by atomic mass is 10.3. The molecule has 19 heavy (non-hydrogen) atoms. The lowest BCUT2D eigenvalue weighted by Gasteiger charge is -2.07. The highest BCUT2D eigenvalue weighted by atomic mass is 35.5. The highest BCUT2D eigenvalue weighted by molar-refractivity contribution is 7.85. The SMILES string of the molecule is Nc1cccc(OCCS(=O)c2ccc(Cl)cc2)c1. The van der Waals surface area contributed by atoms with Gasteiger partial charge in [-0.2, -0.15) is 0 Å². The van der Waals surface area contributed by atoms with Crippen LogP contribution in [0.1, 0.15) is 0 Å². The minimum atomic E-state index is -1.09. The molecule has 0 aliphatic carbocycles. The maximum atomic E-state index is 12.0. The van der Waals surface area contributed by atoms with Gasteiger partial charge in [-0.3, -0.25) is 4.21 Å². The summed E-state index contributed by atoms with van der Waals surface area (Å²) in [7, 11) is -1.09. The van der Waals surface area contributed by atoms with E-state index in [9.17, 15) is 4.21 Å². The Kier molecular flexibility index (Phi) is 4.82. The summed E-state index contributed by atoms with van der Waals surface area (Å²) in [5, 5.41) is 0.636. The first-order valence-corrected chi connectivity index (χ1v) is 7.47. The average molecular weight is 296 g/mol. The fourth-order valence-electron chi connectivity index (χ4n) is 1.54. The van der Waals surface area contributed by atoms with Crippen LogP contribution in [0.5, 0.6) is 5.75 Å². The number of halogens is 1. The van der Waals surface area contributed by atoms with Crippen molar-refractivity contribution in [1.82, 2.24) is 0 Å². The Morgan fingerprint density at radius 3 is 2.58 bits per heavy atom. The van der Waals surface area contributed by atoms with E-state index in [0.717, 1.165) is 4.90 Å². The van der Waals surface area contributed by atoms with Gasteiger partial charge in [0.15, 0.2) is 0 Å². The molecular weight excluding hydrogens is 282 g/mol. The lowest BCUT2D eigenvalue weighted by molar-refractivity contribution is 0.343. The first-order valence-electron chi connectivity index (χ1n) is 5.77. The summed E-state index contributed by atoms with van der Waals surface area (Å²) in [6.45, 7) is 0.374. The van der Waals surface area contributed by atoms with Gasteiger partial charge in [-0.05, 0) is 36.4 Å². The van der Waals surface area contributed by atoms with Crippen molar-refractivity contribution in [2.24, 2.45) is 0 Å². The number of benzene rings is 2. The lowest BCUT2D eigenvalue weighted by Crippen LogP contribution is -2.08. The molecule has 0 radical (unpaired) electrons. The summed E-state index contributed by atoms with van der Waals surface area (Å²) in [6, 6.07) is 14.2. The number of ether oxygens (including phenoxy) is 1. The molecule has 1 unspecified atom stereocenters. The quantitative estimate of drug-likeness (QED) is 0.862. The van der Waals surface area contributed by atoms with Crippen LogP contribution < -0.4 is 10.5 Å². The molecule has 0 amide bonds. The van der Waals surface area contributed by atoms with Gasteiger partial charge >= 0.3 is 0 Å². The molecule has 2 aromatic rings. The Bertz CT molecular complexity index is 572. The van der Waals surface area contributed by atoms with Crippen LogP contribution in [0.25, 0.3) is 0 Å². The van der Waals surface area contributed by atoms with Crippen molar-refractivity contribution in [1.29, 1.82) is 0 Å². The molecule has 3 nitrogen and oxygen atoms in total. The second kappa shape index (κ2) is 6.59. The van der Waals surface area contributed by atoms with Gasteiger partial charge < -0.3 is 10.5 Å². The van der Waals surface area contributed by atoms with Gasteiger partial charge in [0.25, 0.3) is 0 Å². The van der Waals surface area contributed by atoms with Gasteiger partial charge in [-0.1, -0.05) is 17.7 Å². The van der Waals surface area contributed by atoms with E-state index in [-0.39, 0.29) is 0 Å². The Morgan fingerprint density at radius 1 is 1.16 bits per heavy atom. The van der Waals surface area contributed by atoms with E-state index in [1.54, 1.807) is 36.4 Å². The van der Waals surface area contributed by atoms with Crippen molar-refractivity contribution in [2.75, 3.05) is 18.1 Å². The fraction of sp³-hybridized carbons (Fsp3) is 0.143. The smallest absolute Gasteiger partial charge is 0.121 e. The zero-order valence-corrected chi connectivity index (χ0v) is 11.8. The molecule has 0 heterocycles. The Hall–Kier alpha value is -1.52. The van der Waals surface area contributed by atoms with Crippen molar-refractivity contribution >= 4 is 28.1 Å². The molecule has 5 heteroatoms. The average Bonchev–Trinajstić information content (AvgIpc) is 2.39. The first kappa shape index (κ1) is 13.9. The van der Waals surface area contributed by atoms with Gasteiger partial charge in [-0.25, -0.2) is 0 Å².